The average Bonchev–Trinajstić information content (AvgIpc) is 3.94. The molecule has 0 N–H and O–H groups in total. The van der Waals surface area contributed by atoms with Gasteiger partial charge in [-0.15, -0.1) is 0 Å². The van der Waals surface area contributed by atoms with Crippen LogP contribution in [0.3, 0.4) is 0 Å². The molecule has 5 heteroatoms. The Labute approximate surface area is 338 Å². The smallest absolute Gasteiger partial charge is 0.165 e. The van der Waals surface area contributed by atoms with Gasteiger partial charge in [0.05, 0.1) is 44.1 Å². The predicted molar refractivity (Wildman–Crippen MR) is 245 cm³/mol. The molecule has 0 bridgehead atoms. The molecule has 0 fully saturated rings. The van der Waals surface area contributed by atoms with Crippen LogP contribution in [0.25, 0.3) is 116 Å². The van der Waals surface area contributed by atoms with E-state index in [2.05, 4.69) is 202 Å². The van der Waals surface area contributed by atoms with Crippen LogP contribution >= 0.6 is 0 Å². The highest BCUT2D eigenvalue weighted by molar-refractivity contribution is 6.29. The lowest BCUT2D eigenvalue weighted by molar-refractivity contribution is 1.08. The van der Waals surface area contributed by atoms with Gasteiger partial charge in [0.15, 0.2) is 5.82 Å². The Balaban J connectivity index is 1.12. The number of benzene rings is 9. The van der Waals surface area contributed by atoms with Gasteiger partial charge in [0, 0.05) is 49.3 Å². The third-order valence-electron chi connectivity index (χ3n) is 12.2. The first kappa shape index (κ1) is 32.1. The average molecular weight is 752 g/mol. The third kappa shape index (κ3) is 4.61. The van der Waals surface area contributed by atoms with Crippen molar-refractivity contribution in [3.05, 3.63) is 200 Å². The van der Waals surface area contributed by atoms with Crippen LogP contribution in [0.2, 0.25) is 0 Å². The highest BCUT2D eigenvalue weighted by Crippen LogP contribution is 2.43. The van der Waals surface area contributed by atoms with Crippen LogP contribution in [0.15, 0.2) is 200 Å². The molecule has 4 heterocycles. The van der Waals surface area contributed by atoms with E-state index in [0.717, 1.165) is 61.4 Å². The molecule has 274 valence electrons. The molecule has 0 amide bonds. The van der Waals surface area contributed by atoms with E-state index >= 15 is 0 Å². The van der Waals surface area contributed by atoms with Crippen LogP contribution in [-0.2, 0) is 0 Å². The van der Waals surface area contributed by atoms with E-state index in [0.29, 0.717) is 0 Å². The standard InChI is InChI=1S/C54H33N5/c1-2-16-37(17-3-1)57-46-24-12-7-19-41(46)51-48(57)30-31-49-52(51)42-20-8-13-25-47(42)58(49)38-28-29-40-39-18-6-11-23-45(39)59(50(40)33-38)54-53(55-43-21-9-10-22-44(43)56-54)36-27-26-34-14-4-5-15-35(34)32-36/h1-33H. The van der Waals surface area contributed by atoms with Crippen molar-refractivity contribution < 1.29 is 0 Å². The van der Waals surface area contributed by atoms with Crippen LogP contribution in [0.1, 0.15) is 0 Å². The van der Waals surface area contributed by atoms with Gasteiger partial charge in [-0.1, -0.05) is 127 Å². The predicted octanol–water partition coefficient (Wildman–Crippen LogP) is 13.7. The number of fused-ring (bicyclic) bond motifs is 12. The van der Waals surface area contributed by atoms with E-state index in [9.17, 15) is 0 Å². The lowest BCUT2D eigenvalue weighted by atomic mass is 10.0. The summed E-state index contributed by atoms with van der Waals surface area (Å²) in [7, 11) is 0. The van der Waals surface area contributed by atoms with Gasteiger partial charge in [-0.3, -0.25) is 4.57 Å². The highest BCUT2D eigenvalue weighted by Gasteiger charge is 2.23. The molecule has 0 atom stereocenters. The third-order valence-corrected chi connectivity index (χ3v) is 12.2. The topological polar surface area (TPSA) is 40.6 Å². The van der Waals surface area contributed by atoms with Crippen molar-refractivity contribution in [3.8, 4) is 28.5 Å². The summed E-state index contributed by atoms with van der Waals surface area (Å²) >= 11 is 0. The maximum Gasteiger partial charge on any atom is 0.165 e. The quantitative estimate of drug-likeness (QED) is 0.180. The zero-order valence-electron chi connectivity index (χ0n) is 31.8. The van der Waals surface area contributed by atoms with Crippen LogP contribution in [0.4, 0.5) is 0 Å². The van der Waals surface area contributed by atoms with Crippen molar-refractivity contribution >= 4 is 87.2 Å². The summed E-state index contributed by atoms with van der Waals surface area (Å²) < 4.78 is 7.17. The Bertz CT molecular complexity index is 3850. The van der Waals surface area contributed by atoms with E-state index in [1.165, 1.54) is 54.3 Å². The van der Waals surface area contributed by atoms with Crippen molar-refractivity contribution in [1.29, 1.82) is 0 Å². The number of hydrogen-bond acceptors (Lipinski definition) is 2. The second kappa shape index (κ2) is 12.2. The van der Waals surface area contributed by atoms with E-state index in [1.807, 2.05) is 12.1 Å². The Kier molecular flexibility index (Phi) is 6.66. The normalized spacial score (nSPS) is 12.1. The van der Waals surface area contributed by atoms with Gasteiger partial charge in [-0.2, -0.15) is 0 Å². The van der Waals surface area contributed by atoms with Gasteiger partial charge in [-0.05, 0) is 83.6 Å². The van der Waals surface area contributed by atoms with Crippen LogP contribution in [0, 0.1) is 0 Å². The monoisotopic (exact) mass is 751 g/mol. The first-order valence-corrected chi connectivity index (χ1v) is 20.1. The highest BCUT2D eigenvalue weighted by atomic mass is 15.1. The minimum absolute atomic E-state index is 0.806. The Hall–Kier alpha value is -8.02. The SMILES string of the molecule is c1ccc(-n2c3ccccc3c3c4c5ccccc5n(-c5ccc6c7ccccc7n(-c7nc8ccccc8nc7-c7ccc8ccccc8c7)c6c5)c4ccc32)cc1. The molecule has 4 aromatic heterocycles. The number of aromatic nitrogens is 5. The van der Waals surface area contributed by atoms with E-state index in [-0.39, 0.29) is 0 Å². The molecule has 0 saturated carbocycles. The zero-order valence-corrected chi connectivity index (χ0v) is 31.8. The molecule has 13 aromatic rings. The van der Waals surface area contributed by atoms with Crippen LogP contribution in [-0.4, -0.2) is 23.7 Å². The maximum atomic E-state index is 5.45. The fourth-order valence-corrected chi connectivity index (χ4v) is 9.65. The summed E-state index contributed by atoms with van der Waals surface area (Å²) in [6, 6.07) is 71.8. The number of rotatable bonds is 4. The summed E-state index contributed by atoms with van der Waals surface area (Å²) in [4.78, 5) is 10.8. The van der Waals surface area contributed by atoms with Crippen molar-refractivity contribution in [2.45, 2.75) is 0 Å². The maximum absolute atomic E-state index is 5.45. The number of nitrogens with zero attached hydrogens (tertiary/aromatic N) is 5. The van der Waals surface area contributed by atoms with Crippen molar-refractivity contribution in [3.63, 3.8) is 0 Å². The van der Waals surface area contributed by atoms with Gasteiger partial charge in [0.25, 0.3) is 0 Å². The van der Waals surface area contributed by atoms with Gasteiger partial charge < -0.3 is 9.13 Å². The summed E-state index contributed by atoms with van der Waals surface area (Å²) in [6.07, 6.45) is 0. The second-order valence-electron chi connectivity index (χ2n) is 15.4. The Morgan fingerprint density at radius 2 is 0.847 bits per heavy atom. The molecule has 0 spiro atoms. The lowest BCUT2D eigenvalue weighted by Crippen LogP contribution is -2.04. The molecule has 0 aliphatic carbocycles. The largest absolute Gasteiger partial charge is 0.309 e. The summed E-state index contributed by atoms with van der Waals surface area (Å²) in [5.41, 5.74) is 12.7. The number of para-hydroxylation sites is 6. The van der Waals surface area contributed by atoms with Crippen LogP contribution in [0.5, 0.6) is 0 Å². The number of hydrogen-bond donors (Lipinski definition) is 0. The molecular weight excluding hydrogens is 719 g/mol. The molecule has 0 radical (unpaired) electrons. The molecule has 59 heavy (non-hydrogen) atoms. The van der Waals surface area contributed by atoms with Gasteiger partial charge in [-0.25, -0.2) is 9.97 Å². The van der Waals surface area contributed by atoms with Gasteiger partial charge in [0.2, 0.25) is 0 Å². The minimum atomic E-state index is 0.806. The Morgan fingerprint density at radius 3 is 1.56 bits per heavy atom. The molecule has 0 unspecified atom stereocenters. The summed E-state index contributed by atoms with van der Waals surface area (Å²) in [6.45, 7) is 0. The summed E-state index contributed by atoms with van der Waals surface area (Å²) in [5, 5.41) is 9.69. The molecule has 13 rings (SSSR count). The van der Waals surface area contributed by atoms with Crippen molar-refractivity contribution in [1.82, 2.24) is 23.7 Å². The molecule has 0 saturated heterocycles. The first-order chi connectivity index (χ1) is 29.3. The van der Waals surface area contributed by atoms with Gasteiger partial charge in [0.1, 0.15) is 5.69 Å². The molecule has 0 aliphatic rings. The van der Waals surface area contributed by atoms with Crippen LogP contribution < -0.4 is 0 Å². The summed E-state index contributed by atoms with van der Waals surface area (Å²) in [5.74, 6) is 0.806. The lowest BCUT2D eigenvalue weighted by Gasteiger charge is -2.15. The molecular formula is C54H33N5. The Morgan fingerprint density at radius 1 is 0.305 bits per heavy atom. The fraction of sp³-hybridized carbons (Fsp3) is 0. The molecule has 5 nitrogen and oxygen atoms in total. The van der Waals surface area contributed by atoms with Crippen molar-refractivity contribution in [2.24, 2.45) is 0 Å². The molecule has 0 aliphatic heterocycles. The van der Waals surface area contributed by atoms with E-state index in [4.69, 9.17) is 9.97 Å². The second-order valence-corrected chi connectivity index (χ2v) is 15.4. The van der Waals surface area contributed by atoms with Gasteiger partial charge >= 0.3 is 0 Å². The van der Waals surface area contributed by atoms with Crippen molar-refractivity contribution in [2.75, 3.05) is 0 Å². The van der Waals surface area contributed by atoms with E-state index < -0.39 is 0 Å². The fourth-order valence-electron chi connectivity index (χ4n) is 9.65. The molecule has 9 aromatic carbocycles. The van der Waals surface area contributed by atoms with E-state index in [1.54, 1.807) is 0 Å². The zero-order chi connectivity index (χ0) is 38.6. The minimum Gasteiger partial charge on any atom is -0.309 e. The first-order valence-electron chi connectivity index (χ1n) is 20.1.